The van der Waals surface area contributed by atoms with Gasteiger partial charge in [0.2, 0.25) is 0 Å². The zero-order valence-corrected chi connectivity index (χ0v) is 19.1. The molecule has 0 amide bonds. The molecule has 6 atom stereocenters. The van der Waals surface area contributed by atoms with Gasteiger partial charge < -0.3 is 24.1 Å². The lowest BCUT2D eigenvalue weighted by atomic mass is 9.46. The Hall–Kier alpha value is -1.96. The Kier molecular flexibility index (Phi) is 6.36. The van der Waals surface area contributed by atoms with Gasteiger partial charge in [-0.25, -0.2) is 9.18 Å². The van der Waals surface area contributed by atoms with Gasteiger partial charge in [0.25, 0.3) is 6.48 Å². The van der Waals surface area contributed by atoms with Crippen LogP contribution in [0.2, 0.25) is 0 Å². The van der Waals surface area contributed by atoms with Crippen molar-refractivity contribution < 1.29 is 33.2 Å². The third kappa shape index (κ3) is 3.95. The number of aliphatic hydroxyl groups excluding tert-OH is 1. The van der Waals surface area contributed by atoms with Crippen molar-refractivity contribution >= 4 is 5.97 Å². The maximum atomic E-state index is 13.8. The number of carbonyl (C=O) groups is 1. The number of methoxy groups -OCH3 is 1. The summed E-state index contributed by atoms with van der Waals surface area (Å²) in [5, 5.41) is 9.81. The van der Waals surface area contributed by atoms with Crippen LogP contribution in [0.15, 0.2) is 30.4 Å². The second kappa shape index (κ2) is 8.76. The lowest BCUT2D eigenvalue weighted by Crippen LogP contribution is -2.61. The van der Waals surface area contributed by atoms with Crippen LogP contribution in [0.1, 0.15) is 56.3 Å². The summed E-state index contributed by atoms with van der Waals surface area (Å²) in [5.74, 6) is -0.247. The number of fused-ring (bicyclic) bond motifs is 3. The number of allylic oxidation sites excluding steroid dienone is 1. The van der Waals surface area contributed by atoms with Gasteiger partial charge in [-0.2, -0.15) is 0 Å². The summed E-state index contributed by atoms with van der Waals surface area (Å²) in [7, 11) is 1.29. The molecule has 1 aliphatic heterocycles. The molecular formula is C25H33FO6. The number of carbonyl (C=O) groups excluding carboxylic acids is 1. The summed E-state index contributed by atoms with van der Waals surface area (Å²) in [5.41, 5.74) is 1.24. The minimum atomic E-state index is -1.14. The number of hydrogen-bond acceptors (Lipinski definition) is 6. The molecule has 3 aliphatic rings. The molecule has 1 aromatic rings. The topological polar surface area (TPSA) is 74.2 Å². The second-order valence-corrected chi connectivity index (χ2v) is 9.86. The van der Waals surface area contributed by atoms with Gasteiger partial charge >= 0.3 is 5.97 Å². The summed E-state index contributed by atoms with van der Waals surface area (Å²) in [6, 6.07) is 3.83. The van der Waals surface area contributed by atoms with Crippen LogP contribution in [0.25, 0.3) is 0 Å². The summed E-state index contributed by atoms with van der Waals surface area (Å²) in [6.07, 6.45) is 4.44. The highest BCUT2D eigenvalue weighted by Crippen LogP contribution is 2.63. The van der Waals surface area contributed by atoms with E-state index in [2.05, 4.69) is 20.4 Å². The molecule has 0 aromatic heterocycles. The molecule has 2 saturated carbocycles. The number of halogens is 1. The molecule has 1 heterocycles. The first-order valence-corrected chi connectivity index (χ1v) is 11.3. The SMILES string of the molecule is C=C1CCC2[C@]3(C)CO[C@@H](O)O[C@@H]3CC[C@@]2(C)[C@@H]1CCOc1cc(F)ccc1C(=O)OC. The number of hydrogen-bond donors (Lipinski definition) is 1. The van der Waals surface area contributed by atoms with E-state index in [4.69, 9.17) is 18.9 Å². The normalized spacial score (nSPS) is 36.7. The molecule has 176 valence electrons. The van der Waals surface area contributed by atoms with Crippen molar-refractivity contribution in [3.05, 3.63) is 41.7 Å². The minimum Gasteiger partial charge on any atom is -0.493 e. The molecule has 0 radical (unpaired) electrons. The molecule has 32 heavy (non-hydrogen) atoms. The van der Waals surface area contributed by atoms with Gasteiger partial charge in [-0.3, -0.25) is 0 Å². The van der Waals surface area contributed by atoms with Crippen LogP contribution < -0.4 is 4.74 Å². The number of esters is 1. The first kappa shape index (κ1) is 23.2. The quantitative estimate of drug-likeness (QED) is 0.530. The maximum absolute atomic E-state index is 13.8. The largest absolute Gasteiger partial charge is 0.493 e. The molecule has 1 unspecified atom stereocenters. The van der Waals surface area contributed by atoms with Crippen LogP contribution in [0.5, 0.6) is 5.75 Å². The predicted octanol–water partition coefficient (Wildman–Crippen LogP) is 4.46. The van der Waals surface area contributed by atoms with Gasteiger partial charge in [0.15, 0.2) is 0 Å². The number of benzene rings is 1. The Morgan fingerprint density at radius 2 is 2.09 bits per heavy atom. The average molecular weight is 449 g/mol. The fraction of sp³-hybridized carbons (Fsp3) is 0.640. The highest BCUT2D eigenvalue weighted by Gasteiger charge is 2.60. The Labute approximate surface area is 188 Å². The van der Waals surface area contributed by atoms with E-state index in [-0.39, 0.29) is 34.2 Å². The predicted molar refractivity (Wildman–Crippen MR) is 115 cm³/mol. The zero-order valence-electron chi connectivity index (χ0n) is 19.1. The van der Waals surface area contributed by atoms with Gasteiger partial charge in [-0.15, -0.1) is 0 Å². The van der Waals surface area contributed by atoms with E-state index in [1.54, 1.807) is 0 Å². The molecule has 0 bridgehead atoms. The number of aliphatic hydroxyl groups is 1. The smallest absolute Gasteiger partial charge is 0.341 e. The van der Waals surface area contributed by atoms with Crippen molar-refractivity contribution in [1.82, 2.24) is 0 Å². The number of rotatable bonds is 5. The molecular weight excluding hydrogens is 415 g/mol. The Balaban J connectivity index is 1.50. The van der Waals surface area contributed by atoms with Gasteiger partial charge in [-0.05, 0) is 61.5 Å². The van der Waals surface area contributed by atoms with Crippen molar-refractivity contribution in [1.29, 1.82) is 0 Å². The van der Waals surface area contributed by atoms with E-state index >= 15 is 0 Å². The Bertz CT molecular complexity index is 887. The molecule has 1 aromatic carbocycles. The standard InChI is InChI=1S/C25H33FO6/c1-15-5-8-20-24(2,11-9-21-25(20,3)14-31-23(28)32-21)18(15)10-12-30-19-13-16(26)6-7-17(19)22(27)29-4/h6-7,13,18,20-21,23,28H,1,5,8-12,14H2,2-4H3/t18-,20?,21-,23-,24+,25+/m1/s1. The third-order valence-electron chi connectivity index (χ3n) is 8.15. The van der Waals surface area contributed by atoms with E-state index in [0.29, 0.717) is 25.6 Å². The van der Waals surface area contributed by atoms with E-state index in [9.17, 15) is 14.3 Å². The zero-order chi connectivity index (χ0) is 23.1. The van der Waals surface area contributed by atoms with Gasteiger partial charge in [0.1, 0.15) is 17.1 Å². The van der Waals surface area contributed by atoms with Gasteiger partial charge in [-0.1, -0.05) is 26.0 Å². The molecule has 0 spiro atoms. The Morgan fingerprint density at radius 1 is 1.31 bits per heavy atom. The molecule has 2 aliphatic carbocycles. The fourth-order valence-electron chi connectivity index (χ4n) is 6.53. The third-order valence-corrected chi connectivity index (χ3v) is 8.15. The lowest BCUT2D eigenvalue weighted by Gasteiger charge is -2.62. The molecule has 7 heteroatoms. The van der Waals surface area contributed by atoms with Gasteiger partial charge in [0.05, 0.1) is 26.4 Å². The van der Waals surface area contributed by atoms with Crippen LogP contribution in [-0.4, -0.2) is 44.0 Å². The van der Waals surface area contributed by atoms with Crippen LogP contribution in [0.3, 0.4) is 0 Å². The Morgan fingerprint density at radius 3 is 2.84 bits per heavy atom. The van der Waals surface area contributed by atoms with Gasteiger partial charge in [0, 0.05) is 11.5 Å². The highest BCUT2D eigenvalue weighted by molar-refractivity contribution is 5.92. The van der Waals surface area contributed by atoms with Crippen molar-refractivity contribution in [2.45, 2.75) is 58.5 Å². The molecule has 1 saturated heterocycles. The fourth-order valence-corrected chi connectivity index (χ4v) is 6.53. The minimum absolute atomic E-state index is 0.00786. The van der Waals surface area contributed by atoms with Crippen LogP contribution in [-0.2, 0) is 14.2 Å². The van der Waals surface area contributed by atoms with Crippen LogP contribution >= 0.6 is 0 Å². The van der Waals surface area contributed by atoms with Crippen molar-refractivity contribution in [3.63, 3.8) is 0 Å². The highest BCUT2D eigenvalue weighted by atomic mass is 19.1. The number of ether oxygens (including phenoxy) is 4. The summed E-state index contributed by atoms with van der Waals surface area (Å²) in [6.45, 7) is 8.58. The first-order valence-electron chi connectivity index (χ1n) is 11.3. The van der Waals surface area contributed by atoms with E-state index in [1.807, 2.05) is 0 Å². The van der Waals surface area contributed by atoms with E-state index in [0.717, 1.165) is 25.7 Å². The lowest BCUT2D eigenvalue weighted by molar-refractivity contribution is -0.367. The summed E-state index contributed by atoms with van der Waals surface area (Å²) >= 11 is 0. The average Bonchev–Trinajstić information content (AvgIpc) is 2.76. The molecule has 6 nitrogen and oxygen atoms in total. The van der Waals surface area contributed by atoms with Crippen molar-refractivity contribution in [3.8, 4) is 5.75 Å². The van der Waals surface area contributed by atoms with E-state index in [1.165, 1.54) is 30.9 Å². The molecule has 3 fully saturated rings. The second-order valence-electron chi connectivity index (χ2n) is 9.86. The van der Waals surface area contributed by atoms with Crippen LogP contribution in [0, 0.1) is 28.5 Å². The van der Waals surface area contributed by atoms with Crippen molar-refractivity contribution in [2.24, 2.45) is 22.7 Å². The van der Waals surface area contributed by atoms with Crippen molar-refractivity contribution in [2.75, 3.05) is 20.3 Å². The first-order chi connectivity index (χ1) is 15.2. The summed E-state index contributed by atoms with van der Waals surface area (Å²) in [4.78, 5) is 12.0. The van der Waals surface area contributed by atoms with Crippen LogP contribution in [0.4, 0.5) is 4.39 Å². The maximum Gasteiger partial charge on any atom is 0.341 e. The summed E-state index contributed by atoms with van der Waals surface area (Å²) < 4.78 is 35.7. The monoisotopic (exact) mass is 448 g/mol. The molecule has 4 rings (SSSR count). The molecule has 1 N–H and O–H groups in total. The van der Waals surface area contributed by atoms with E-state index < -0.39 is 18.3 Å².